The lowest BCUT2D eigenvalue weighted by Crippen LogP contribution is -2.29. The molecular formula is C20H26ClN3O. The van der Waals surface area contributed by atoms with Gasteiger partial charge in [0.05, 0.1) is 5.69 Å². The molecule has 1 aromatic heterocycles. The van der Waals surface area contributed by atoms with E-state index in [0.29, 0.717) is 12.3 Å². The fourth-order valence-corrected chi connectivity index (χ4v) is 3.87. The van der Waals surface area contributed by atoms with Gasteiger partial charge in [0.15, 0.2) is 0 Å². The smallest absolute Gasteiger partial charge is 0.222 e. The molecule has 1 saturated heterocycles. The van der Waals surface area contributed by atoms with Crippen LogP contribution < -0.4 is 0 Å². The number of aryl methyl sites for hydroxylation is 2. The van der Waals surface area contributed by atoms with Crippen molar-refractivity contribution in [1.82, 2.24) is 14.7 Å². The van der Waals surface area contributed by atoms with Crippen molar-refractivity contribution in [2.24, 2.45) is 13.0 Å². The number of hydrogen-bond donors (Lipinski definition) is 0. The van der Waals surface area contributed by atoms with Crippen LogP contribution in [0.3, 0.4) is 0 Å². The van der Waals surface area contributed by atoms with Crippen LogP contribution in [0.1, 0.15) is 35.4 Å². The number of benzene rings is 1. The van der Waals surface area contributed by atoms with E-state index in [1.807, 2.05) is 35.7 Å². The first-order chi connectivity index (χ1) is 11.9. The van der Waals surface area contributed by atoms with Crippen molar-refractivity contribution < 1.29 is 4.79 Å². The molecule has 0 bridgehead atoms. The Bertz CT molecular complexity index is 751. The number of nitrogens with zero attached hydrogens (tertiary/aromatic N) is 3. The molecular weight excluding hydrogens is 334 g/mol. The summed E-state index contributed by atoms with van der Waals surface area (Å²) in [6.45, 7) is 5.83. The maximum Gasteiger partial charge on any atom is 0.222 e. The van der Waals surface area contributed by atoms with Gasteiger partial charge in [-0.25, -0.2) is 0 Å². The summed E-state index contributed by atoms with van der Waals surface area (Å²) in [6, 6.07) is 8.04. The molecule has 25 heavy (non-hydrogen) atoms. The predicted molar refractivity (Wildman–Crippen MR) is 101 cm³/mol. The summed E-state index contributed by atoms with van der Waals surface area (Å²) in [4.78, 5) is 14.6. The van der Waals surface area contributed by atoms with Gasteiger partial charge in [-0.15, -0.1) is 0 Å². The number of aromatic nitrogens is 2. The Labute approximate surface area is 154 Å². The summed E-state index contributed by atoms with van der Waals surface area (Å²) in [6.07, 6.45) is 3.45. The summed E-state index contributed by atoms with van der Waals surface area (Å²) >= 11 is 5.94. The van der Waals surface area contributed by atoms with Gasteiger partial charge in [-0.2, -0.15) is 5.10 Å². The second-order valence-corrected chi connectivity index (χ2v) is 7.53. The first-order valence-corrected chi connectivity index (χ1v) is 9.33. The fourth-order valence-electron chi connectivity index (χ4n) is 3.75. The van der Waals surface area contributed by atoms with Crippen molar-refractivity contribution in [3.63, 3.8) is 0 Å². The SMILES string of the molecule is Cc1nn(C)c(C)c1CCC(=O)N1CCC(Cc2ccc(Cl)cc2)C1. The summed E-state index contributed by atoms with van der Waals surface area (Å²) in [5.74, 6) is 0.813. The quantitative estimate of drug-likeness (QED) is 0.816. The van der Waals surface area contributed by atoms with E-state index in [-0.39, 0.29) is 5.91 Å². The van der Waals surface area contributed by atoms with E-state index in [1.165, 1.54) is 11.1 Å². The average molecular weight is 360 g/mol. The summed E-state index contributed by atoms with van der Waals surface area (Å²) in [5.41, 5.74) is 4.71. The third-order valence-corrected chi connectivity index (χ3v) is 5.58. The highest BCUT2D eigenvalue weighted by Crippen LogP contribution is 2.23. The maximum atomic E-state index is 12.6. The van der Waals surface area contributed by atoms with E-state index < -0.39 is 0 Å². The summed E-state index contributed by atoms with van der Waals surface area (Å²) in [5, 5.41) is 5.20. The molecule has 1 aliphatic rings. The Morgan fingerprint density at radius 1 is 1.28 bits per heavy atom. The lowest BCUT2D eigenvalue weighted by Gasteiger charge is -2.17. The third-order valence-electron chi connectivity index (χ3n) is 5.32. The lowest BCUT2D eigenvalue weighted by atomic mass is 9.99. The van der Waals surface area contributed by atoms with Crippen LogP contribution in [0.5, 0.6) is 0 Å². The summed E-state index contributed by atoms with van der Waals surface area (Å²) < 4.78 is 1.90. The molecule has 3 rings (SSSR count). The number of likely N-dealkylation sites (tertiary alicyclic amines) is 1. The molecule has 1 atom stereocenters. The predicted octanol–water partition coefficient (Wildman–Crippen LogP) is 3.71. The van der Waals surface area contributed by atoms with Crippen LogP contribution in [-0.2, 0) is 24.7 Å². The molecule has 0 aliphatic carbocycles. The molecule has 1 aliphatic heterocycles. The van der Waals surface area contributed by atoms with Crippen molar-refractivity contribution in [3.05, 3.63) is 51.8 Å². The van der Waals surface area contributed by atoms with Gasteiger partial charge in [-0.3, -0.25) is 9.48 Å². The summed E-state index contributed by atoms with van der Waals surface area (Å²) in [7, 11) is 1.95. The van der Waals surface area contributed by atoms with Gasteiger partial charge in [0, 0.05) is 37.3 Å². The van der Waals surface area contributed by atoms with Crippen molar-refractivity contribution in [3.8, 4) is 0 Å². The van der Waals surface area contributed by atoms with Crippen molar-refractivity contribution in [1.29, 1.82) is 0 Å². The molecule has 5 heteroatoms. The molecule has 2 heterocycles. The number of carbonyl (C=O) groups is 1. The Hall–Kier alpha value is -1.81. The van der Waals surface area contributed by atoms with Crippen LogP contribution in [-0.4, -0.2) is 33.7 Å². The highest BCUT2D eigenvalue weighted by atomic mass is 35.5. The fraction of sp³-hybridized carbons (Fsp3) is 0.500. The molecule has 1 amide bonds. The molecule has 2 aromatic rings. The second kappa shape index (κ2) is 7.61. The zero-order valence-corrected chi connectivity index (χ0v) is 16.0. The van der Waals surface area contributed by atoms with Crippen molar-refractivity contribution in [2.45, 2.75) is 39.5 Å². The number of halogens is 1. The molecule has 1 fully saturated rings. The number of amides is 1. The monoisotopic (exact) mass is 359 g/mol. The van der Waals surface area contributed by atoms with Crippen LogP contribution >= 0.6 is 11.6 Å². The van der Waals surface area contributed by atoms with E-state index in [4.69, 9.17) is 11.6 Å². The molecule has 0 spiro atoms. The first kappa shape index (κ1) is 18.0. The van der Waals surface area contributed by atoms with Crippen LogP contribution in [0.15, 0.2) is 24.3 Å². The van der Waals surface area contributed by atoms with E-state index >= 15 is 0 Å². The molecule has 4 nitrogen and oxygen atoms in total. The van der Waals surface area contributed by atoms with E-state index in [1.54, 1.807) is 0 Å². The van der Waals surface area contributed by atoms with Crippen LogP contribution in [0.4, 0.5) is 0 Å². The first-order valence-electron chi connectivity index (χ1n) is 8.95. The standard InChI is InChI=1S/C20H26ClN3O/c1-14-19(15(2)23(3)22-14)8-9-20(25)24-11-10-17(13-24)12-16-4-6-18(21)7-5-16/h4-7,17H,8-13H2,1-3H3. The van der Waals surface area contributed by atoms with Gasteiger partial charge in [0.1, 0.15) is 0 Å². The van der Waals surface area contributed by atoms with E-state index in [2.05, 4.69) is 24.2 Å². The Morgan fingerprint density at radius 2 is 2.00 bits per heavy atom. The van der Waals surface area contributed by atoms with Gasteiger partial charge < -0.3 is 4.90 Å². The Balaban J connectivity index is 1.51. The van der Waals surface area contributed by atoms with Crippen molar-refractivity contribution in [2.75, 3.05) is 13.1 Å². The van der Waals surface area contributed by atoms with Gasteiger partial charge in [-0.05, 0) is 62.3 Å². The number of rotatable bonds is 5. The highest BCUT2D eigenvalue weighted by Gasteiger charge is 2.26. The second-order valence-electron chi connectivity index (χ2n) is 7.10. The van der Waals surface area contributed by atoms with Crippen LogP contribution in [0, 0.1) is 19.8 Å². The average Bonchev–Trinajstić information content (AvgIpc) is 3.13. The van der Waals surface area contributed by atoms with Crippen LogP contribution in [0.2, 0.25) is 5.02 Å². The minimum atomic E-state index is 0.265. The molecule has 1 unspecified atom stereocenters. The van der Waals surface area contributed by atoms with Gasteiger partial charge >= 0.3 is 0 Å². The third kappa shape index (κ3) is 4.24. The Kier molecular flexibility index (Phi) is 5.48. The normalized spacial score (nSPS) is 17.3. The zero-order valence-electron chi connectivity index (χ0n) is 15.3. The lowest BCUT2D eigenvalue weighted by molar-refractivity contribution is -0.130. The van der Waals surface area contributed by atoms with E-state index in [9.17, 15) is 4.79 Å². The molecule has 0 N–H and O–H groups in total. The molecule has 134 valence electrons. The van der Waals surface area contributed by atoms with Crippen molar-refractivity contribution >= 4 is 17.5 Å². The van der Waals surface area contributed by atoms with Gasteiger partial charge in [0.2, 0.25) is 5.91 Å². The van der Waals surface area contributed by atoms with Gasteiger partial charge in [-0.1, -0.05) is 23.7 Å². The number of hydrogen-bond acceptors (Lipinski definition) is 2. The Morgan fingerprint density at radius 3 is 2.64 bits per heavy atom. The zero-order chi connectivity index (χ0) is 18.0. The topological polar surface area (TPSA) is 38.1 Å². The maximum absolute atomic E-state index is 12.6. The number of carbonyl (C=O) groups excluding carboxylic acids is 1. The largest absolute Gasteiger partial charge is 0.342 e. The molecule has 1 aromatic carbocycles. The highest BCUT2D eigenvalue weighted by molar-refractivity contribution is 6.30. The van der Waals surface area contributed by atoms with Gasteiger partial charge in [0.25, 0.3) is 0 Å². The van der Waals surface area contributed by atoms with E-state index in [0.717, 1.165) is 48.8 Å². The minimum Gasteiger partial charge on any atom is -0.342 e. The molecule has 0 radical (unpaired) electrons. The molecule has 0 saturated carbocycles. The minimum absolute atomic E-state index is 0.265. The van der Waals surface area contributed by atoms with Crippen LogP contribution in [0.25, 0.3) is 0 Å².